The quantitative estimate of drug-likeness (QED) is 0.669. The van der Waals surface area contributed by atoms with Gasteiger partial charge in [-0.25, -0.2) is 14.8 Å². The Balaban J connectivity index is 1.72. The highest BCUT2D eigenvalue weighted by Crippen LogP contribution is 2.36. The number of pyridine rings is 2. The molecule has 10 heteroatoms. The molecule has 3 aromatic rings. The summed E-state index contributed by atoms with van der Waals surface area (Å²) >= 11 is 1.46. The molecule has 0 atom stereocenters. The first-order valence-corrected chi connectivity index (χ1v) is 10.5. The van der Waals surface area contributed by atoms with Crippen molar-refractivity contribution in [3.05, 3.63) is 40.8 Å². The van der Waals surface area contributed by atoms with Gasteiger partial charge in [0, 0.05) is 49.9 Å². The van der Waals surface area contributed by atoms with E-state index >= 15 is 0 Å². The second kappa shape index (κ2) is 8.10. The number of rotatable bonds is 3. The van der Waals surface area contributed by atoms with Crippen LogP contribution in [0.15, 0.2) is 35.2 Å². The average Bonchev–Trinajstić information content (AvgIpc) is 3.27. The summed E-state index contributed by atoms with van der Waals surface area (Å²) in [6, 6.07) is 4.17. The molecule has 6 nitrogen and oxygen atoms in total. The molecular weight excluding hydrogens is 415 g/mol. The topological polar surface area (TPSA) is 61.4 Å². The molecule has 3 aromatic heterocycles. The van der Waals surface area contributed by atoms with Crippen molar-refractivity contribution in [3.63, 3.8) is 0 Å². The fourth-order valence-corrected chi connectivity index (χ4v) is 4.18. The molecule has 0 bridgehead atoms. The van der Waals surface area contributed by atoms with Crippen LogP contribution in [0.2, 0.25) is 0 Å². The van der Waals surface area contributed by atoms with Crippen molar-refractivity contribution >= 4 is 34.1 Å². The van der Waals surface area contributed by atoms with Crippen LogP contribution < -0.4 is 10.2 Å². The molecule has 2 amide bonds. The average molecular weight is 435 g/mol. The van der Waals surface area contributed by atoms with Gasteiger partial charge in [0.2, 0.25) is 0 Å². The minimum atomic E-state index is -4.53. The Hall–Kier alpha value is -2.88. The van der Waals surface area contributed by atoms with Gasteiger partial charge in [-0.3, -0.25) is 0 Å². The number of carbonyl (C=O) groups is 1. The highest BCUT2D eigenvalue weighted by molar-refractivity contribution is 7.08. The van der Waals surface area contributed by atoms with Gasteiger partial charge in [-0.2, -0.15) is 24.5 Å². The maximum absolute atomic E-state index is 13.3. The van der Waals surface area contributed by atoms with E-state index < -0.39 is 11.9 Å². The first-order valence-electron chi connectivity index (χ1n) is 9.55. The molecule has 0 saturated carbocycles. The van der Waals surface area contributed by atoms with Crippen molar-refractivity contribution in [1.82, 2.24) is 20.2 Å². The van der Waals surface area contributed by atoms with Crippen LogP contribution in [0, 0.1) is 0 Å². The molecule has 0 unspecified atom stereocenters. The minimum Gasteiger partial charge on any atom is -0.353 e. The normalized spacial score (nSPS) is 14.9. The van der Waals surface area contributed by atoms with E-state index in [2.05, 4.69) is 15.3 Å². The molecule has 158 valence electrons. The predicted octanol–water partition coefficient (Wildman–Crippen LogP) is 4.23. The number of alkyl halides is 3. The number of hydrogen-bond donors (Lipinski definition) is 1. The number of hydrogen-bond acceptors (Lipinski definition) is 5. The summed E-state index contributed by atoms with van der Waals surface area (Å²) in [6.07, 6.45) is -2.94. The molecule has 1 N–H and O–H groups in total. The summed E-state index contributed by atoms with van der Waals surface area (Å²) in [5, 5.41) is 7.08. The van der Waals surface area contributed by atoms with Crippen molar-refractivity contribution in [2.45, 2.75) is 13.1 Å². The monoisotopic (exact) mass is 435 g/mol. The summed E-state index contributed by atoms with van der Waals surface area (Å²) in [7, 11) is 0. The zero-order chi connectivity index (χ0) is 21.3. The lowest BCUT2D eigenvalue weighted by molar-refractivity contribution is -0.140. The SMILES string of the molecule is CCNC(=O)N1CCN(c2ncc(-c3ccsc3)c3nc(C(F)(F)F)ccc23)CC1. The first kappa shape index (κ1) is 20.4. The molecule has 1 aliphatic heterocycles. The number of fused-ring (bicyclic) bond motifs is 1. The summed E-state index contributed by atoms with van der Waals surface area (Å²) in [5.74, 6) is 0.584. The highest BCUT2D eigenvalue weighted by atomic mass is 32.1. The number of carbonyl (C=O) groups excluding carboxylic acids is 1. The maximum Gasteiger partial charge on any atom is 0.433 e. The van der Waals surface area contributed by atoms with Crippen LogP contribution in [0.5, 0.6) is 0 Å². The van der Waals surface area contributed by atoms with E-state index in [-0.39, 0.29) is 11.5 Å². The van der Waals surface area contributed by atoms with Gasteiger partial charge in [-0.15, -0.1) is 0 Å². The predicted molar refractivity (Wildman–Crippen MR) is 111 cm³/mol. The minimum absolute atomic E-state index is 0.112. The van der Waals surface area contributed by atoms with E-state index in [4.69, 9.17) is 0 Å². The molecule has 1 aliphatic rings. The third kappa shape index (κ3) is 3.91. The number of urea groups is 1. The lowest BCUT2D eigenvalue weighted by Crippen LogP contribution is -2.52. The van der Waals surface area contributed by atoms with Gasteiger partial charge in [-0.1, -0.05) is 0 Å². The Labute approximate surface area is 175 Å². The maximum atomic E-state index is 13.3. The van der Waals surface area contributed by atoms with Gasteiger partial charge in [-0.05, 0) is 41.4 Å². The van der Waals surface area contributed by atoms with Gasteiger partial charge in [0.1, 0.15) is 11.5 Å². The lowest BCUT2D eigenvalue weighted by atomic mass is 10.1. The van der Waals surface area contributed by atoms with Gasteiger partial charge in [0.25, 0.3) is 0 Å². The van der Waals surface area contributed by atoms with Crippen molar-refractivity contribution in [2.24, 2.45) is 0 Å². The molecule has 30 heavy (non-hydrogen) atoms. The number of nitrogens with one attached hydrogen (secondary N) is 1. The number of amides is 2. The number of nitrogens with zero attached hydrogens (tertiary/aromatic N) is 4. The Morgan fingerprint density at radius 1 is 1.20 bits per heavy atom. The number of piperazine rings is 1. The summed E-state index contributed by atoms with van der Waals surface area (Å²) < 4.78 is 39.9. The van der Waals surface area contributed by atoms with Crippen LogP contribution in [-0.2, 0) is 6.18 Å². The third-order valence-corrected chi connectivity index (χ3v) is 5.71. The van der Waals surface area contributed by atoms with Crippen molar-refractivity contribution < 1.29 is 18.0 Å². The summed E-state index contributed by atoms with van der Waals surface area (Å²) in [4.78, 5) is 24.3. The zero-order valence-corrected chi connectivity index (χ0v) is 17.1. The second-order valence-electron chi connectivity index (χ2n) is 6.91. The Bertz CT molecular complexity index is 1050. The standard InChI is InChI=1S/C20H20F3N5OS/c1-2-24-19(29)28-8-6-27(7-9-28)18-14-3-4-16(20(21,22)23)26-17(14)15(11-25-18)13-5-10-30-12-13/h3-5,10-12H,2,6-9H2,1H3,(H,24,29). The van der Waals surface area contributed by atoms with Crippen LogP contribution in [-0.4, -0.2) is 53.6 Å². The van der Waals surface area contributed by atoms with Crippen molar-refractivity contribution in [2.75, 3.05) is 37.6 Å². The second-order valence-corrected chi connectivity index (χ2v) is 7.69. The van der Waals surface area contributed by atoms with E-state index in [0.29, 0.717) is 49.5 Å². The molecule has 4 heterocycles. The van der Waals surface area contributed by atoms with Crippen molar-refractivity contribution in [1.29, 1.82) is 0 Å². The number of aromatic nitrogens is 2. The van der Waals surface area contributed by atoms with E-state index in [0.717, 1.165) is 11.6 Å². The Kier molecular flexibility index (Phi) is 5.50. The van der Waals surface area contributed by atoms with E-state index in [1.165, 1.54) is 17.4 Å². The first-order chi connectivity index (χ1) is 14.4. The molecular formula is C20H20F3N5OS. The number of anilines is 1. The molecule has 1 saturated heterocycles. The fraction of sp³-hybridized carbons (Fsp3) is 0.350. The Morgan fingerprint density at radius 3 is 2.60 bits per heavy atom. The third-order valence-electron chi connectivity index (χ3n) is 5.02. The molecule has 0 radical (unpaired) electrons. The van der Waals surface area contributed by atoms with Crippen LogP contribution in [0.3, 0.4) is 0 Å². The number of thiophene rings is 1. The summed E-state index contributed by atoms with van der Waals surface area (Å²) in [5.41, 5.74) is 0.711. The van der Waals surface area contributed by atoms with Gasteiger partial charge in [0.05, 0.1) is 5.52 Å². The molecule has 0 aliphatic carbocycles. The Morgan fingerprint density at radius 2 is 1.97 bits per heavy atom. The van der Waals surface area contributed by atoms with Crippen LogP contribution in [0.25, 0.3) is 22.0 Å². The molecule has 0 spiro atoms. The molecule has 0 aromatic carbocycles. The van der Waals surface area contributed by atoms with E-state index in [1.807, 2.05) is 28.7 Å². The largest absolute Gasteiger partial charge is 0.433 e. The van der Waals surface area contributed by atoms with Gasteiger partial charge >= 0.3 is 12.2 Å². The number of halogens is 3. The zero-order valence-electron chi connectivity index (χ0n) is 16.2. The van der Waals surface area contributed by atoms with E-state index in [1.54, 1.807) is 11.1 Å². The van der Waals surface area contributed by atoms with Crippen LogP contribution in [0.4, 0.5) is 23.8 Å². The van der Waals surface area contributed by atoms with E-state index in [9.17, 15) is 18.0 Å². The van der Waals surface area contributed by atoms with Gasteiger partial charge < -0.3 is 15.1 Å². The molecule has 1 fully saturated rings. The van der Waals surface area contributed by atoms with Crippen LogP contribution >= 0.6 is 11.3 Å². The smallest absolute Gasteiger partial charge is 0.353 e. The van der Waals surface area contributed by atoms with Gasteiger partial charge in [0.15, 0.2) is 0 Å². The van der Waals surface area contributed by atoms with Crippen molar-refractivity contribution in [3.8, 4) is 11.1 Å². The fourth-order valence-electron chi connectivity index (χ4n) is 3.52. The summed E-state index contributed by atoms with van der Waals surface area (Å²) in [6.45, 7) is 4.52. The molecule has 4 rings (SSSR count). The lowest BCUT2D eigenvalue weighted by Gasteiger charge is -2.35. The highest BCUT2D eigenvalue weighted by Gasteiger charge is 2.33. The van der Waals surface area contributed by atoms with Crippen LogP contribution in [0.1, 0.15) is 12.6 Å².